The Morgan fingerprint density at radius 3 is 2.35 bits per heavy atom. The van der Waals surface area contributed by atoms with Gasteiger partial charge in [-0.2, -0.15) is 0 Å². The molecule has 17 heavy (non-hydrogen) atoms. The molecule has 0 saturated heterocycles. The van der Waals surface area contributed by atoms with E-state index in [2.05, 4.69) is 20.9 Å². The molecule has 2 nitrogen and oxygen atoms in total. The number of hydrogen-bond donors (Lipinski definition) is 1. The molecular weight excluding hydrogens is 285 g/mol. The van der Waals surface area contributed by atoms with Crippen LogP contribution in [0.15, 0.2) is 47.1 Å². The third-order valence-electron chi connectivity index (χ3n) is 2.63. The summed E-state index contributed by atoms with van der Waals surface area (Å²) in [5.74, 6) is -0.326. The van der Waals surface area contributed by atoms with Crippen molar-refractivity contribution in [1.29, 1.82) is 0 Å². The van der Waals surface area contributed by atoms with Crippen molar-refractivity contribution in [2.45, 2.75) is 12.5 Å². The van der Waals surface area contributed by atoms with Gasteiger partial charge in [-0.1, -0.05) is 12.1 Å². The van der Waals surface area contributed by atoms with Crippen LogP contribution in [0.1, 0.15) is 18.2 Å². The van der Waals surface area contributed by atoms with E-state index in [9.17, 15) is 9.50 Å². The molecule has 1 N–H and O–H groups in total. The lowest BCUT2D eigenvalue weighted by Crippen LogP contribution is -2.24. The highest BCUT2D eigenvalue weighted by atomic mass is 79.9. The fraction of sp³-hybridized carbons (Fsp3) is 0.154. The Morgan fingerprint density at radius 1 is 1.18 bits per heavy atom. The molecule has 0 aliphatic rings. The van der Waals surface area contributed by atoms with Crippen LogP contribution in [0.3, 0.4) is 0 Å². The maximum Gasteiger partial charge on any atom is 0.129 e. The van der Waals surface area contributed by atoms with Crippen molar-refractivity contribution in [2.75, 3.05) is 0 Å². The molecule has 4 heteroatoms. The van der Waals surface area contributed by atoms with Gasteiger partial charge in [0.05, 0.1) is 5.69 Å². The van der Waals surface area contributed by atoms with Crippen molar-refractivity contribution < 1.29 is 9.50 Å². The molecule has 0 aliphatic carbocycles. The number of nitrogens with zero attached hydrogens (tertiary/aromatic N) is 1. The second-order valence-corrected chi connectivity index (χ2v) is 4.86. The summed E-state index contributed by atoms with van der Waals surface area (Å²) in [6.07, 6.45) is 1.62. The van der Waals surface area contributed by atoms with Crippen LogP contribution >= 0.6 is 15.9 Å². The van der Waals surface area contributed by atoms with Crippen LogP contribution < -0.4 is 0 Å². The molecule has 0 amide bonds. The van der Waals surface area contributed by atoms with Crippen LogP contribution in [-0.2, 0) is 5.60 Å². The Kier molecular flexibility index (Phi) is 3.26. The molecule has 1 aromatic carbocycles. The van der Waals surface area contributed by atoms with Crippen LogP contribution in [0.2, 0.25) is 0 Å². The van der Waals surface area contributed by atoms with Gasteiger partial charge < -0.3 is 5.11 Å². The molecule has 1 heterocycles. The second kappa shape index (κ2) is 4.55. The van der Waals surface area contributed by atoms with Gasteiger partial charge >= 0.3 is 0 Å². The number of aliphatic hydroxyl groups is 1. The van der Waals surface area contributed by atoms with Crippen molar-refractivity contribution in [3.63, 3.8) is 0 Å². The first-order valence-electron chi connectivity index (χ1n) is 5.10. The summed E-state index contributed by atoms with van der Waals surface area (Å²) in [4.78, 5) is 4.16. The van der Waals surface area contributed by atoms with Crippen LogP contribution in [0, 0.1) is 5.82 Å². The lowest BCUT2D eigenvalue weighted by atomic mass is 9.92. The molecule has 0 bridgehead atoms. The highest BCUT2D eigenvalue weighted by molar-refractivity contribution is 9.10. The average Bonchev–Trinajstić information content (AvgIpc) is 2.30. The topological polar surface area (TPSA) is 33.1 Å². The number of halogens is 2. The van der Waals surface area contributed by atoms with E-state index >= 15 is 0 Å². The van der Waals surface area contributed by atoms with Gasteiger partial charge in [-0.3, -0.25) is 4.98 Å². The van der Waals surface area contributed by atoms with Gasteiger partial charge in [-0.15, -0.1) is 0 Å². The summed E-state index contributed by atoms with van der Waals surface area (Å²) in [6.45, 7) is 1.64. The van der Waals surface area contributed by atoms with Gasteiger partial charge in [0.2, 0.25) is 0 Å². The molecule has 1 atom stereocenters. The van der Waals surface area contributed by atoms with Crippen LogP contribution in [0.5, 0.6) is 0 Å². The highest BCUT2D eigenvalue weighted by Crippen LogP contribution is 2.28. The molecule has 1 aromatic heterocycles. The average molecular weight is 296 g/mol. The zero-order valence-corrected chi connectivity index (χ0v) is 10.8. The Labute approximate surface area is 107 Å². The van der Waals surface area contributed by atoms with Crippen molar-refractivity contribution in [3.8, 4) is 0 Å². The number of hydrogen-bond acceptors (Lipinski definition) is 2. The number of pyridine rings is 1. The van der Waals surface area contributed by atoms with Crippen molar-refractivity contribution in [3.05, 3.63) is 64.1 Å². The normalized spacial score (nSPS) is 14.4. The summed E-state index contributed by atoms with van der Waals surface area (Å²) in [6, 6.07) is 9.29. The standard InChI is InChI=1S/C13H11BrFNO/c1-13(17,9-2-5-11(15)6-3-9)12-7-4-10(14)8-16-12/h2-8,17H,1H3. The SMILES string of the molecule is CC(O)(c1ccc(F)cc1)c1ccc(Br)cn1. The predicted molar refractivity (Wildman–Crippen MR) is 67.0 cm³/mol. The Balaban J connectivity index is 2.41. The van der Waals surface area contributed by atoms with E-state index in [1.54, 1.807) is 37.4 Å². The third kappa shape index (κ3) is 2.53. The van der Waals surface area contributed by atoms with Gasteiger partial charge in [0.1, 0.15) is 11.4 Å². The van der Waals surface area contributed by atoms with Crippen molar-refractivity contribution >= 4 is 15.9 Å². The van der Waals surface area contributed by atoms with E-state index < -0.39 is 5.60 Å². The molecule has 2 rings (SSSR count). The first kappa shape index (κ1) is 12.2. The first-order chi connectivity index (χ1) is 8.00. The number of aromatic nitrogens is 1. The zero-order valence-electron chi connectivity index (χ0n) is 9.19. The summed E-state index contributed by atoms with van der Waals surface area (Å²) in [5.41, 5.74) is -0.102. The van der Waals surface area contributed by atoms with Gasteiger partial charge in [0, 0.05) is 10.7 Å². The fourth-order valence-electron chi connectivity index (χ4n) is 1.59. The predicted octanol–water partition coefficient (Wildman–Crippen LogP) is 3.24. The number of benzene rings is 1. The largest absolute Gasteiger partial charge is 0.379 e. The van der Waals surface area contributed by atoms with E-state index in [1.807, 2.05) is 0 Å². The Bertz CT molecular complexity index is 460. The second-order valence-electron chi connectivity index (χ2n) is 3.94. The number of rotatable bonds is 2. The summed E-state index contributed by atoms with van der Waals surface area (Å²) in [7, 11) is 0. The van der Waals surface area contributed by atoms with E-state index in [0.717, 1.165) is 4.47 Å². The van der Waals surface area contributed by atoms with E-state index in [1.165, 1.54) is 12.1 Å². The minimum atomic E-state index is -1.23. The summed E-state index contributed by atoms with van der Waals surface area (Å²) >= 11 is 3.28. The molecule has 88 valence electrons. The van der Waals surface area contributed by atoms with Gasteiger partial charge in [0.25, 0.3) is 0 Å². The molecule has 0 radical (unpaired) electrons. The minimum Gasteiger partial charge on any atom is -0.379 e. The van der Waals surface area contributed by atoms with Crippen molar-refractivity contribution in [2.24, 2.45) is 0 Å². The molecule has 0 aliphatic heterocycles. The Morgan fingerprint density at radius 2 is 1.82 bits per heavy atom. The van der Waals surface area contributed by atoms with E-state index in [0.29, 0.717) is 11.3 Å². The summed E-state index contributed by atoms with van der Waals surface area (Å²) in [5, 5.41) is 10.4. The quantitative estimate of drug-likeness (QED) is 0.923. The van der Waals surface area contributed by atoms with Crippen molar-refractivity contribution in [1.82, 2.24) is 4.98 Å². The zero-order chi connectivity index (χ0) is 12.5. The van der Waals surface area contributed by atoms with Crippen LogP contribution in [-0.4, -0.2) is 10.1 Å². The molecule has 1 unspecified atom stereocenters. The molecule has 2 aromatic rings. The molecule has 0 saturated carbocycles. The maximum atomic E-state index is 12.8. The monoisotopic (exact) mass is 295 g/mol. The molecule has 0 fully saturated rings. The van der Waals surface area contributed by atoms with E-state index in [-0.39, 0.29) is 5.82 Å². The maximum absolute atomic E-state index is 12.8. The lowest BCUT2D eigenvalue weighted by Gasteiger charge is -2.23. The third-order valence-corrected chi connectivity index (χ3v) is 3.10. The fourth-order valence-corrected chi connectivity index (χ4v) is 1.82. The van der Waals surface area contributed by atoms with Gasteiger partial charge in [-0.05, 0) is 52.7 Å². The smallest absolute Gasteiger partial charge is 0.129 e. The van der Waals surface area contributed by atoms with E-state index in [4.69, 9.17) is 0 Å². The van der Waals surface area contributed by atoms with Crippen LogP contribution in [0.25, 0.3) is 0 Å². The lowest BCUT2D eigenvalue weighted by molar-refractivity contribution is 0.0973. The molecule has 0 spiro atoms. The Hall–Kier alpha value is -1.26. The summed E-state index contributed by atoms with van der Waals surface area (Å²) < 4.78 is 13.7. The highest BCUT2D eigenvalue weighted by Gasteiger charge is 2.26. The molecular formula is C13H11BrFNO. The van der Waals surface area contributed by atoms with Gasteiger partial charge in [0.15, 0.2) is 0 Å². The minimum absolute atomic E-state index is 0.326. The van der Waals surface area contributed by atoms with Gasteiger partial charge in [-0.25, -0.2) is 4.39 Å². The first-order valence-corrected chi connectivity index (χ1v) is 5.90. The van der Waals surface area contributed by atoms with Crippen LogP contribution in [0.4, 0.5) is 4.39 Å².